The van der Waals surface area contributed by atoms with E-state index in [1.807, 2.05) is 23.1 Å². The molecule has 1 N–H and O–H groups in total. The molecular weight excluding hydrogens is 363 g/mol. The number of carbonyl (C=O) groups excluding carboxylic acids is 1. The van der Waals surface area contributed by atoms with Crippen LogP contribution in [-0.2, 0) is 16.1 Å². The van der Waals surface area contributed by atoms with Crippen LogP contribution in [0.3, 0.4) is 0 Å². The smallest absolute Gasteiger partial charge is 0.224 e. The van der Waals surface area contributed by atoms with Crippen LogP contribution in [0.15, 0.2) is 34.7 Å². The number of amides is 1. The Morgan fingerprint density at radius 3 is 2.68 bits per heavy atom. The van der Waals surface area contributed by atoms with Crippen molar-refractivity contribution in [2.75, 3.05) is 32.8 Å². The molecule has 0 bridgehead atoms. The summed E-state index contributed by atoms with van der Waals surface area (Å²) in [5, 5.41) is 4.25. The second kappa shape index (κ2) is 8.72. The lowest BCUT2D eigenvalue weighted by Gasteiger charge is -2.26. The fraction of sp³-hybridized carbons (Fsp3) is 0.389. The molecule has 0 spiro atoms. The van der Waals surface area contributed by atoms with Gasteiger partial charge in [0.25, 0.3) is 0 Å². The lowest BCUT2D eigenvalue weighted by Crippen LogP contribution is -2.41. The van der Waals surface area contributed by atoms with Crippen LogP contribution < -0.4 is 5.32 Å². The maximum absolute atomic E-state index is 12.0. The summed E-state index contributed by atoms with van der Waals surface area (Å²) in [7, 11) is 0. The second-order valence-electron chi connectivity index (χ2n) is 5.81. The molecule has 7 heteroatoms. The molecule has 134 valence electrons. The van der Waals surface area contributed by atoms with E-state index in [9.17, 15) is 4.79 Å². The average Bonchev–Trinajstić information content (AvgIpc) is 3.10. The van der Waals surface area contributed by atoms with E-state index >= 15 is 0 Å². The van der Waals surface area contributed by atoms with Gasteiger partial charge in [-0.25, -0.2) is 0 Å². The summed E-state index contributed by atoms with van der Waals surface area (Å²) in [5.41, 5.74) is 0.878. The molecule has 1 fully saturated rings. The van der Waals surface area contributed by atoms with Crippen LogP contribution in [0.4, 0.5) is 0 Å². The second-order valence-corrected chi connectivity index (χ2v) is 6.63. The zero-order chi connectivity index (χ0) is 17.6. The van der Waals surface area contributed by atoms with Gasteiger partial charge in [-0.1, -0.05) is 23.2 Å². The Kier molecular flexibility index (Phi) is 6.37. The van der Waals surface area contributed by atoms with E-state index in [0.29, 0.717) is 55.9 Å². The standard InChI is InChI=1S/C18H20Cl2N2O3/c19-15-3-1-13(11-16(15)20)17-4-2-14(25-17)12-21-6-5-18(23)22-7-9-24-10-8-22/h1-4,11,21H,5-10,12H2. The minimum atomic E-state index is 0.159. The molecular formula is C18H20Cl2N2O3. The zero-order valence-electron chi connectivity index (χ0n) is 13.8. The molecule has 25 heavy (non-hydrogen) atoms. The maximum atomic E-state index is 12.0. The molecule has 1 aliphatic heterocycles. The highest BCUT2D eigenvalue weighted by Crippen LogP contribution is 2.29. The number of ether oxygens (including phenoxy) is 1. The molecule has 1 aromatic carbocycles. The largest absolute Gasteiger partial charge is 0.460 e. The van der Waals surface area contributed by atoms with Gasteiger partial charge < -0.3 is 19.4 Å². The molecule has 0 saturated carbocycles. The number of nitrogens with zero attached hydrogens (tertiary/aromatic N) is 1. The Labute approximate surface area is 156 Å². The fourth-order valence-electron chi connectivity index (χ4n) is 2.66. The molecule has 1 amide bonds. The minimum absolute atomic E-state index is 0.159. The molecule has 3 rings (SSSR count). The van der Waals surface area contributed by atoms with E-state index in [1.165, 1.54) is 0 Å². The number of hydrogen-bond donors (Lipinski definition) is 1. The van der Waals surface area contributed by atoms with Gasteiger partial charge in [0.1, 0.15) is 11.5 Å². The van der Waals surface area contributed by atoms with Gasteiger partial charge in [0.2, 0.25) is 5.91 Å². The molecule has 1 saturated heterocycles. The van der Waals surface area contributed by atoms with E-state index in [2.05, 4.69) is 5.32 Å². The molecule has 0 unspecified atom stereocenters. The third-order valence-corrected chi connectivity index (χ3v) is 4.78. The van der Waals surface area contributed by atoms with E-state index in [-0.39, 0.29) is 5.91 Å². The lowest BCUT2D eigenvalue weighted by molar-refractivity contribution is -0.135. The fourth-order valence-corrected chi connectivity index (χ4v) is 2.95. The van der Waals surface area contributed by atoms with E-state index in [0.717, 1.165) is 17.1 Å². The van der Waals surface area contributed by atoms with Gasteiger partial charge >= 0.3 is 0 Å². The summed E-state index contributed by atoms with van der Waals surface area (Å²) in [6, 6.07) is 9.20. The summed E-state index contributed by atoms with van der Waals surface area (Å²) >= 11 is 12.0. The first-order chi connectivity index (χ1) is 12.1. The summed E-state index contributed by atoms with van der Waals surface area (Å²) in [6.07, 6.45) is 0.473. The monoisotopic (exact) mass is 382 g/mol. The summed E-state index contributed by atoms with van der Waals surface area (Å²) < 4.78 is 11.1. The number of morpholine rings is 1. The molecule has 0 radical (unpaired) electrons. The highest BCUT2D eigenvalue weighted by Gasteiger charge is 2.16. The Morgan fingerprint density at radius 2 is 1.92 bits per heavy atom. The van der Waals surface area contributed by atoms with E-state index in [4.69, 9.17) is 32.4 Å². The Hall–Kier alpha value is -1.53. The number of rotatable bonds is 6. The molecule has 0 atom stereocenters. The van der Waals surface area contributed by atoms with Crippen LogP contribution in [0.2, 0.25) is 10.0 Å². The molecule has 0 aliphatic carbocycles. The van der Waals surface area contributed by atoms with Crippen molar-refractivity contribution in [3.63, 3.8) is 0 Å². The van der Waals surface area contributed by atoms with Crippen molar-refractivity contribution in [3.8, 4) is 11.3 Å². The number of furan rings is 1. The average molecular weight is 383 g/mol. The Balaban J connectivity index is 1.45. The zero-order valence-corrected chi connectivity index (χ0v) is 15.3. The Morgan fingerprint density at radius 1 is 1.12 bits per heavy atom. The number of carbonyl (C=O) groups is 1. The van der Waals surface area contributed by atoms with Crippen LogP contribution in [-0.4, -0.2) is 43.7 Å². The highest BCUT2D eigenvalue weighted by molar-refractivity contribution is 6.42. The third-order valence-electron chi connectivity index (χ3n) is 4.04. The van der Waals surface area contributed by atoms with Crippen molar-refractivity contribution in [1.82, 2.24) is 10.2 Å². The molecule has 1 aromatic heterocycles. The van der Waals surface area contributed by atoms with Crippen LogP contribution in [0, 0.1) is 0 Å². The SMILES string of the molecule is O=C(CCNCc1ccc(-c2ccc(Cl)c(Cl)c2)o1)N1CCOCC1. The van der Waals surface area contributed by atoms with Crippen molar-refractivity contribution in [1.29, 1.82) is 0 Å². The van der Waals surface area contributed by atoms with Gasteiger partial charge in [0.05, 0.1) is 29.8 Å². The normalized spacial score (nSPS) is 14.7. The topological polar surface area (TPSA) is 54.7 Å². The van der Waals surface area contributed by atoms with Crippen molar-refractivity contribution in [3.05, 3.63) is 46.1 Å². The minimum Gasteiger partial charge on any atom is -0.460 e. The molecule has 1 aliphatic rings. The third kappa shape index (κ3) is 4.98. The van der Waals surface area contributed by atoms with E-state index in [1.54, 1.807) is 12.1 Å². The van der Waals surface area contributed by atoms with Crippen LogP contribution in [0.25, 0.3) is 11.3 Å². The lowest BCUT2D eigenvalue weighted by atomic mass is 10.2. The molecule has 2 aromatic rings. The number of halogens is 2. The Bertz CT molecular complexity index is 727. The van der Waals surface area contributed by atoms with Crippen LogP contribution in [0.5, 0.6) is 0 Å². The van der Waals surface area contributed by atoms with Crippen molar-refractivity contribution in [2.45, 2.75) is 13.0 Å². The first-order valence-corrected chi connectivity index (χ1v) is 8.99. The number of benzene rings is 1. The van der Waals surface area contributed by atoms with Gasteiger partial charge in [-0.05, 0) is 30.3 Å². The first-order valence-electron chi connectivity index (χ1n) is 8.24. The number of nitrogens with one attached hydrogen (secondary N) is 1. The first kappa shape index (κ1) is 18.3. The van der Waals surface area contributed by atoms with Crippen LogP contribution in [0.1, 0.15) is 12.2 Å². The van der Waals surface area contributed by atoms with Gasteiger partial charge in [-0.3, -0.25) is 4.79 Å². The predicted molar refractivity (Wildman–Crippen MR) is 97.9 cm³/mol. The van der Waals surface area contributed by atoms with Gasteiger partial charge in [-0.15, -0.1) is 0 Å². The molecule has 5 nitrogen and oxygen atoms in total. The maximum Gasteiger partial charge on any atom is 0.224 e. The van der Waals surface area contributed by atoms with E-state index < -0.39 is 0 Å². The van der Waals surface area contributed by atoms with Gasteiger partial charge in [0.15, 0.2) is 0 Å². The number of hydrogen-bond acceptors (Lipinski definition) is 4. The van der Waals surface area contributed by atoms with Gasteiger partial charge in [0, 0.05) is 31.6 Å². The quantitative estimate of drug-likeness (QED) is 0.775. The summed E-state index contributed by atoms with van der Waals surface area (Å²) in [5.74, 6) is 1.70. The highest BCUT2D eigenvalue weighted by atomic mass is 35.5. The summed E-state index contributed by atoms with van der Waals surface area (Å²) in [6.45, 7) is 3.80. The predicted octanol–water partition coefficient (Wildman–Crippen LogP) is 3.59. The van der Waals surface area contributed by atoms with Crippen molar-refractivity contribution < 1.29 is 13.9 Å². The van der Waals surface area contributed by atoms with Crippen LogP contribution >= 0.6 is 23.2 Å². The van der Waals surface area contributed by atoms with Crippen molar-refractivity contribution in [2.24, 2.45) is 0 Å². The van der Waals surface area contributed by atoms with Gasteiger partial charge in [-0.2, -0.15) is 0 Å². The van der Waals surface area contributed by atoms with Crippen molar-refractivity contribution >= 4 is 29.1 Å². The molecule has 2 heterocycles. The summed E-state index contributed by atoms with van der Waals surface area (Å²) in [4.78, 5) is 13.9.